The van der Waals surface area contributed by atoms with Crippen molar-refractivity contribution in [3.63, 3.8) is 0 Å². The fraction of sp³-hybridized carbons (Fsp3) is 0.438. The van der Waals surface area contributed by atoms with Crippen LogP contribution in [0.2, 0.25) is 0 Å². The number of carbonyl (C=O) groups excluding carboxylic acids is 1. The summed E-state index contributed by atoms with van der Waals surface area (Å²) in [5, 5.41) is 10.4. The van der Waals surface area contributed by atoms with Crippen molar-refractivity contribution < 1.29 is 13.6 Å². The van der Waals surface area contributed by atoms with Crippen LogP contribution in [-0.4, -0.2) is 16.1 Å². The minimum atomic E-state index is -0.428. The number of nitrogens with one attached hydrogen (secondary N) is 1. The van der Waals surface area contributed by atoms with Crippen LogP contribution in [0.1, 0.15) is 39.0 Å². The smallest absolute Gasteiger partial charge is 0.249 e. The first-order chi connectivity index (χ1) is 10.5. The highest BCUT2D eigenvalue weighted by Crippen LogP contribution is 2.28. The Kier molecular flexibility index (Phi) is 5.25. The number of halogens is 1. The number of rotatable bonds is 6. The summed E-state index contributed by atoms with van der Waals surface area (Å²) < 4.78 is 18.8. The number of benzene rings is 1. The second-order valence-electron chi connectivity index (χ2n) is 5.35. The molecule has 0 fully saturated rings. The monoisotopic (exact) mass is 305 g/mol. The van der Waals surface area contributed by atoms with E-state index in [4.69, 9.17) is 4.42 Å². The molecular weight excluding hydrogens is 285 g/mol. The van der Waals surface area contributed by atoms with E-state index in [-0.39, 0.29) is 17.7 Å². The number of aromatic nitrogens is 2. The van der Waals surface area contributed by atoms with Gasteiger partial charge >= 0.3 is 0 Å². The Balaban J connectivity index is 2.22. The van der Waals surface area contributed by atoms with Gasteiger partial charge in [-0.3, -0.25) is 4.79 Å². The maximum atomic E-state index is 13.5. The quantitative estimate of drug-likeness (QED) is 0.877. The van der Waals surface area contributed by atoms with Crippen LogP contribution < -0.4 is 5.32 Å². The number of anilines is 1. The molecular formula is C16H20FN3O2. The molecule has 1 atom stereocenters. The molecule has 0 saturated heterocycles. The normalized spacial score (nSPS) is 12.2. The van der Waals surface area contributed by atoms with Crippen LogP contribution in [0.5, 0.6) is 0 Å². The lowest BCUT2D eigenvalue weighted by Crippen LogP contribution is -2.20. The summed E-state index contributed by atoms with van der Waals surface area (Å²) in [4.78, 5) is 12.2. The Morgan fingerprint density at radius 2 is 2.18 bits per heavy atom. The predicted octanol–water partition coefficient (Wildman–Crippen LogP) is 3.95. The van der Waals surface area contributed by atoms with Crippen molar-refractivity contribution in [1.82, 2.24) is 10.2 Å². The molecule has 5 nitrogen and oxygen atoms in total. The van der Waals surface area contributed by atoms with Crippen molar-refractivity contribution in [1.29, 1.82) is 0 Å². The van der Waals surface area contributed by atoms with Crippen molar-refractivity contribution >= 4 is 11.6 Å². The molecule has 0 radical (unpaired) electrons. The van der Waals surface area contributed by atoms with E-state index in [0.29, 0.717) is 17.1 Å². The summed E-state index contributed by atoms with van der Waals surface area (Å²) >= 11 is 0. The van der Waals surface area contributed by atoms with Crippen LogP contribution in [-0.2, 0) is 4.79 Å². The molecule has 1 aromatic carbocycles. The number of carbonyl (C=O) groups is 1. The zero-order valence-corrected chi connectivity index (χ0v) is 13.0. The molecule has 0 bridgehead atoms. The average Bonchev–Trinajstić information content (AvgIpc) is 2.92. The van der Waals surface area contributed by atoms with Gasteiger partial charge in [-0.25, -0.2) is 4.39 Å². The molecule has 0 spiro atoms. The van der Waals surface area contributed by atoms with E-state index in [9.17, 15) is 9.18 Å². The zero-order valence-electron chi connectivity index (χ0n) is 13.0. The number of aryl methyl sites for hydroxylation is 1. The SMILES string of the molecule is CCCC[C@@H](C)C(=O)Nc1ccc(F)cc1-c1nnc(C)o1. The molecule has 0 unspecified atom stereocenters. The van der Waals surface area contributed by atoms with Gasteiger partial charge in [-0.15, -0.1) is 10.2 Å². The van der Waals surface area contributed by atoms with E-state index in [2.05, 4.69) is 22.4 Å². The van der Waals surface area contributed by atoms with Crippen molar-refractivity contribution in [3.8, 4) is 11.5 Å². The summed E-state index contributed by atoms with van der Waals surface area (Å²) in [6, 6.07) is 4.08. The third kappa shape index (κ3) is 3.90. The van der Waals surface area contributed by atoms with E-state index in [1.807, 2.05) is 6.92 Å². The Morgan fingerprint density at radius 1 is 1.41 bits per heavy atom. The van der Waals surface area contributed by atoms with E-state index < -0.39 is 5.82 Å². The van der Waals surface area contributed by atoms with Crippen LogP contribution in [0.15, 0.2) is 22.6 Å². The Morgan fingerprint density at radius 3 is 2.82 bits per heavy atom. The fourth-order valence-corrected chi connectivity index (χ4v) is 2.11. The number of amides is 1. The van der Waals surface area contributed by atoms with Gasteiger partial charge in [-0.1, -0.05) is 26.7 Å². The molecule has 0 aliphatic carbocycles. The first kappa shape index (κ1) is 16.1. The van der Waals surface area contributed by atoms with Crippen molar-refractivity contribution in [2.75, 3.05) is 5.32 Å². The lowest BCUT2D eigenvalue weighted by molar-refractivity contribution is -0.119. The van der Waals surface area contributed by atoms with E-state index in [1.165, 1.54) is 18.2 Å². The summed E-state index contributed by atoms with van der Waals surface area (Å²) in [5.41, 5.74) is 0.857. The van der Waals surface area contributed by atoms with E-state index in [1.54, 1.807) is 6.92 Å². The van der Waals surface area contributed by atoms with Gasteiger partial charge in [0.1, 0.15) is 5.82 Å². The molecule has 22 heavy (non-hydrogen) atoms. The molecule has 1 N–H and O–H groups in total. The predicted molar refractivity (Wildman–Crippen MR) is 81.7 cm³/mol. The van der Waals surface area contributed by atoms with Gasteiger partial charge in [0.15, 0.2) is 0 Å². The van der Waals surface area contributed by atoms with Gasteiger partial charge in [0.05, 0.1) is 11.3 Å². The highest BCUT2D eigenvalue weighted by Gasteiger charge is 2.17. The van der Waals surface area contributed by atoms with Gasteiger partial charge < -0.3 is 9.73 Å². The lowest BCUT2D eigenvalue weighted by Gasteiger charge is -2.13. The molecule has 1 amide bonds. The Hall–Kier alpha value is -2.24. The van der Waals surface area contributed by atoms with Crippen molar-refractivity contribution in [2.45, 2.75) is 40.0 Å². The number of hydrogen-bond acceptors (Lipinski definition) is 4. The van der Waals surface area contributed by atoms with Gasteiger partial charge in [-0.2, -0.15) is 0 Å². The van der Waals surface area contributed by atoms with Gasteiger partial charge in [0.25, 0.3) is 0 Å². The second-order valence-corrected chi connectivity index (χ2v) is 5.35. The Bertz CT molecular complexity index is 655. The average molecular weight is 305 g/mol. The first-order valence-electron chi connectivity index (χ1n) is 7.42. The zero-order chi connectivity index (χ0) is 16.1. The largest absolute Gasteiger partial charge is 0.421 e. The Labute approximate surface area is 128 Å². The first-order valence-corrected chi connectivity index (χ1v) is 7.42. The van der Waals surface area contributed by atoms with Crippen LogP contribution in [0.25, 0.3) is 11.5 Å². The van der Waals surface area contributed by atoms with E-state index >= 15 is 0 Å². The third-order valence-corrected chi connectivity index (χ3v) is 3.43. The molecule has 0 aliphatic rings. The fourth-order valence-electron chi connectivity index (χ4n) is 2.11. The molecule has 0 aliphatic heterocycles. The summed E-state index contributed by atoms with van der Waals surface area (Å²) in [7, 11) is 0. The second kappa shape index (κ2) is 7.15. The summed E-state index contributed by atoms with van der Waals surface area (Å²) in [6.07, 6.45) is 2.85. The molecule has 1 aromatic heterocycles. The van der Waals surface area contributed by atoms with E-state index in [0.717, 1.165) is 19.3 Å². The number of unbranched alkanes of at least 4 members (excludes halogenated alkanes) is 1. The van der Waals surface area contributed by atoms with Crippen LogP contribution >= 0.6 is 0 Å². The van der Waals surface area contributed by atoms with Crippen molar-refractivity contribution in [2.24, 2.45) is 5.92 Å². The highest BCUT2D eigenvalue weighted by atomic mass is 19.1. The van der Waals surface area contributed by atoms with Crippen molar-refractivity contribution in [3.05, 3.63) is 29.9 Å². The number of hydrogen-bond donors (Lipinski definition) is 1. The van der Waals surface area contributed by atoms with Gasteiger partial charge in [0, 0.05) is 12.8 Å². The van der Waals surface area contributed by atoms with Crippen LogP contribution in [0.4, 0.5) is 10.1 Å². The highest BCUT2D eigenvalue weighted by molar-refractivity contribution is 5.95. The lowest BCUT2D eigenvalue weighted by atomic mass is 10.0. The maximum absolute atomic E-state index is 13.5. The van der Waals surface area contributed by atoms with Gasteiger partial charge in [-0.05, 0) is 24.6 Å². The van der Waals surface area contributed by atoms with Gasteiger partial charge in [0.2, 0.25) is 17.7 Å². The third-order valence-electron chi connectivity index (χ3n) is 3.43. The molecule has 6 heteroatoms. The topological polar surface area (TPSA) is 68.0 Å². The molecule has 0 saturated carbocycles. The standard InChI is InChI=1S/C16H20FN3O2/c1-4-5-6-10(2)15(21)18-14-8-7-12(17)9-13(14)16-20-19-11(3)22-16/h7-10H,4-6H2,1-3H3,(H,18,21)/t10-/m1/s1. The molecule has 1 heterocycles. The van der Waals surface area contributed by atoms with Crippen LogP contribution in [0, 0.1) is 18.7 Å². The van der Waals surface area contributed by atoms with Crippen LogP contribution in [0.3, 0.4) is 0 Å². The minimum Gasteiger partial charge on any atom is -0.421 e. The molecule has 2 aromatic rings. The maximum Gasteiger partial charge on any atom is 0.249 e. The summed E-state index contributed by atoms with van der Waals surface area (Å²) in [5.74, 6) is -0.0657. The molecule has 118 valence electrons. The molecule has 2 rings (SSSR count). The number of nitrogens with zero attached hydrogens (tertiary/aromatic N) is 2. The summed E-state index contributed by atoms with van der Waals surface area (Å²) in [6.45, 7) is 5.62. The minimum absolute atomic E-state index is 0.0995.